The van der Waals surface area contributed by atoms with Crippen LogP contribution >= 0.6 is 0 Å². The van der Waals surface area contributed by atoms with Gasteiger partial charge in [-0.3, -0.25) is 9.69 Å². The lowest BCUT2D eigenvalue weighted by Crippen LogP contribution is -2.33. The summed E-state index contributed by atoms with van der Waals surface area (Å²) in [6.07, 6.45) is 0.0973. The van der Waals surface area contributed by atoms with E-state index in [1.54, 1.807) is 0 Å². The van der Waals surface area contributed by atoms with Crippen molar-refractivity contribution in [3.8, 4) is 0 Å². The highest BCUT2D eigenvalue weighted by Crippen LogP contribution is 2.16. The van der Waals surface area contributed by atoms with E-state index in [-0.39, 0.29) is 6.42 Å². The van der Waals surface area contributed by atoms with Crippen LogP contribution in [-0.4, -0.2) is 29.1 Å². The molecule has 0 aromatic heterocycles. The summed E-state index contributed by atoms with van der Waals surface area (Å²) >= 11 is 0. The number of nitrogens with zero attached hydrogens (tertiary/aromatic N) is 1. The largest absolute Gasteiger partial charge is 0.481 e. The molecule has 0 aliphatic rings. The summed E-state index contributed by atoms with van der Waals surface area (Å²) in [6.45, 7) is 7.39. The summed E-state index contributed by atoms with van der Waals surface area (Å²) in [7, 11) is 2.09. The Balaban J connectivity index is 2.80. The molecule has 100 valence electrons. The highest BCUT2D eigenvalue weighted by atomic mass is 16.4. The van der Waals surface area contributed by atoms with Crippen LogP contribution in [0.3, 0.4) is 0 Å². The quantitative estimate of drug-likeness (QED) is 0.842. The van der Waals surface area contributed by atoms with Gasteiger partial charge in [0.1, 0.15) is 0 Å². The van der Waals surface area contributed by atoms with Crippen LogP contribution in [0, 0.1) is 5.92 Å². The molecule has 1 atom stereocenters. The zero-order valence-corrected chi connectivity index (χ0v) is 11.7. The number of carboxylic acid groups (broad SMARTS) is 1. The van der Waals surface area contributed by atoms with Gasteiger partial charge in [0.25, 0.3) is 0 Å². The molecule has 0 heterocycles. The highest BCUT2D eigenvalue weighted by molar-refractivity contribution is 5.70. The van der Waals surface area contributed by atoms with E-state index in [0.29, 0.717) is 12.0 Å². The van der Waals surface area contributed by atoms with Gasteiger partial charge >= 0.3 is 5.97 Å². The van der Waals surface area contributed by atoms with Gasteiger partial charge in [-0.25, -0.2) is 0 Å². The number of aliphatic carboxylic acids is 1. The third-order valence-corrected chi connectivity index (χ3v) is 3.54. The molecule has 0 aliphatic carbocycles. The standard InChI is InChI=1S/C15H23NO2/c1-11(2)12(3)16(4)10-14-8-6-5-7-13(14)9-15(17)18/h5-8,11-12H,9-10H2,1-4H3,(H,17,18). The van der Waals surface area contributed by atoms with Gasteiger partial charge in [-0.05, 0) is 31.0 Å². The van der Waals surface area contributed by atoms with Crippen LogP contribution < -0.4 is 0 Å². The maximum absolute atomic E-state index is 10.8. The molecule has 3 nitrogen and oxygen atoms in total. The summed E-state index contributed by atoms with van der Waals surface area (Å²) < 4.78 is 0. The lowest BCUT2D eigenvalue weighted by atomic mass is 10.0. The lowest BCUT2D eigenvalue weighted by Gasteiger charge is -2.28. The second-order valence-corrected chi connectivity index (χ2v) is 5.24. The van der Waals surface area contributed by atoms with Gasteiger partial charge in [0, 0.05) is 12.6 Å². The van der Waals surface area contributed by atoms with E-state index in [4.69, 9.17) is 5.11 Å². The van der Waals surface area contributed by atoms with Crippen molar-refractivity contribution in [3.63, 3.8) is 0 Å². The first-order chi connectivity index (χ1) is 8.41. The van der Waals surface area contributed by atoms with Crippen molar-refractivity contribution in [2.45, 2.75) is 39.8 Å². The number of carboxylic acids is 1. The number of hydrogen-bond acceptors (Lipinski definition) is 2. The first kappa shape index (κ1) is 14.7. The van der Waals surface area contributed by atoms with E-state index in [0.717, 1.165) is 17.7 Å². The Kier molecular flexibility index (Phi) is 5.35. The average molecular weight is 249 g/mol. The van der Waals surface area contributed by atoms with Crippen molar-refractivity contribution in [1.29, 1.82) is 0 Å². The van der Waals surface area contributed by atoms with Gasteiger partial charge in [-0.1, -0.05) is 38.1 Å². The van der Waals surface area contributed by atoms with Crippen LogP contribution in [0.15, 0.2) is 24.3 Å². The van der Waals surface area contributed by atoms with Crippen molar-refractivity contribution in [2.24, 2.45) is 5.92 Å². The third kappa shape index (κ3) is 4.15. The first-order valence-electron chi connectivity index (χ1n) is 6.40. The zero-order chi connectivity index (χ0) is 13.7. The van der Waals surface area contributed by atoms with Gasteiger partial charge < -0.3 is 5.11 Å². The molecular formula is C15H23NO2. The Morgan fingerprint density at radius 2 is 1.78 bits per heavy atom. The average Bonchev–Trinajstić information content (AvgIpc) is 2.29. The first-order valence-corrected chi connectivity index (χ1v) is 6.40. The SMILES string of the molecule is CC(C)C(C)N(C)Cc1ccccc1CC(=O)O. The van der Waals surface area contributed by atoms with Crippen LogP contribution in [0.2, 0.25) is 0 Å². The van der Waals surface area contributed by atoms with E-state index in [2.05, 4.69) is 32.7 Å². The van der Waals surface area contributed by atoms with Crippen LogP contribution in [0.1, 0.15) is 31.9 Å². The summed E-state index contributed by atoms with van der Waals surface area (Å²) in [5.41, 5.74) is 2.02. The van der Waals surface area contributed by atoms with Crippen molar-refractivity contribution >= 4 is 5.97 Å². The van der Waals surface area contributed by atoms with Crippen molar-refractivity contribution < 1.29 is 9.90 Å². The molecule has 18 heavy (non-hydrogen) atoms. The Morgan fingerprint density at radius 1 is 1.22 bits per heavy atom. The molecule has 1 unspecified atom stereocenters. The Hall–Kier alpha value is -1.35. The fourth-order valence-electron chi connectivity index (χ4n) is 1.97. The number of carbonyl (C=O) groups is 1. The molecule has 0 spiro atoms. The monoisotopic (exact) mass is 249 g/mol. The number of benzene rings is 1. The maximum atomic E-state index is 10.8. The summed E-state index contributed by atoms with van der Waals surface area (Å²) in [5.74, 6) is -0.191. The molecular weight excluding hydrogens is 226 g/mol. The van der Waals surface area contributed by atoms with Crippen molar-refractivity contribution in [1.82, 2.24) is 4.90 Å². The molecule has 1 rings (SSSR count). The predicted molar refractivity (Wildman–Crippen MR) is 73.5 cm³/mol. The topological polar surface area (TPSA) is 40.5 Å². The third-order valence-electron chi connectivity index (χ3n) is 3.54. The lowest BCUT2D eigenvalue weighted by molar-refractivity contribution is -0.136. The smallest absolute Gasteiger partial charge is 0.307 e. The van der Waals surface area contributed by atoms with E-state index >= 15 is 0 Å². The minimum Gasteiger partial charge on any atom is -0.481 e. The van der Waals surface area contributed by atoms with E-state index < -0.39 is 5.97 Å². The molecule has 0 fully saturated rings. The van der Waals surface area contributed by atoms with Crippen molar-refractivity contribution in [2.75, 3.05) is 7.05 Å². The molecule has 0 amide bonds. The zero-order valence-electron chi connectivity index (χ0n) is 11.7. The predicted octanol–water partition coefficient (Wildman–Crippen LogP) is 2.79. The van der Waals surface area contributed by atoms with Crippen LogP contribution in [0.4, 0.5) is 0 Å². The van der Waals surface area contributed by atoms with Crippen LogP contribution in [0.25, 0.3) is 0 Å². The van der Waals surface area contributed by atoms with Crippen LogP contribution in [0.5, 0.6) is 0 Å². The molecule has 1 N–H and O–H groups in total. The van der Waals surface area contributed by atoms with Gasteiger partial charge in [0.05, 0.1) is 6.42 Å². The molecule has 1 aromatic carbocycles. The van der Waals surface area contributed by atoms with Crippen LogP contribution in [-0.2, 0) is 17.8 Å². The molecule has 1 aromatic rings. The van der Waals surface area contributed by atoms with Gasteiger partial charge in [-0.15, -0.1) is 0 Å². The van der Waals surface area contributed by atoms with Crippen molar-refractivity contribution in [3.05, 3.63) is 35.4 Å². The normalized spacial score (nSPS) is 13.0. The van der Waals surface area contributed by atoms with E-state index in [9.17, 15) is 4.79 Å². The number of rotatable bonds is 6. The molecule has 0 saturated heterocycles. The molecule has 0 aliphatic heterocycles. The summed E-state index contributed by atoms with van der Waals surface area (Å²) in [4.78, 5) is 13.1. The summed E-state index contributed by atoms with van der Waals surface area (Å²) in [6, 6.07) is 8.25. The maximum Gasteiger partial charge on any atom is 0.307 e. The fraction of sp³-hybridized carbons (Fsp3) is 0.533. The Bertz CT molecular complexity index is 401. The molecule has 0 saturated carbocycles. The Labute approximate surface area is 109 Å². The highest BCUT2D eigenvalue weighted by Gasteiger charge is 2.15. The molecule has 0 radical (unpaired) electrons. The van der Waals surface area contributed by atoms with Gasteiger partial charge in [0.15, 0.2) is 0 Å². The summed E-state index contributed by atoms with van der Waals surface area (Å²) in [5, 5.41) is 8.91. The molecule has 3 heteroatoms. The minimum atomic E-state index is -0.776. The van der Waals surface area contributed by atoms with E-state index in [1.807, 2.05) is 24.3 Å². The second kappa shape index (κ2) is 6.55. The van der Waals surface area contributed by atoms with Gasteiger partial charge in [0.2, 0.25) is 0 Å². The Morgan fingerprint density at radius 3 is 2.28 bits per heavy atom. The molecule has 0 bridgehead atoms. The van der Waals surface area contributed by atoms with E-state index in [1.165, 1.54) is 0 Å². The fourth-order valence-corrected chi connectivity index (χ4v) is 1.97. The minimum absolute atomic E-state index is 0.0973. The number of hydrogen-bond donors (Lipinski definition) is 1. The second-order valence-electron chi connectivity index (χ2n) is 5.24. The van der Waals surface area contributed by atoms with Gasteiger partial charge in [-0.2, -0.15) is 0 Å².